The minimum Gasteiger partial charge on any atom is -0.396 e. The number of aryl methyl sites for hydroxylation is 1. The first-order chi connectivity index (χ1) is 18.3. The maximum atomic E-state index is 13.4. The summed E-state index contributed by atoms with van der Waals surface area (Å²) in [5.41, 5.74) is 5.27. The summed E-state index contributed by atoms with van der Waals surface area (Å²) in [7, 11) is 1.65. The molecule has 6 heteroatoms. The van der Waals surface area contributed by atoms with Crippen molar-refractivity contribution in [3.05, 3.63) is 64.7 Å². The van der Waals surface area contributed by atoms with Gasteiger partial charge in [0.1, 0.15) is 6.79 Å². The van der Waals surface area contributed by atoms with Crippen LogP contribution in [0.2, 0.25) is 0 Å². The van der Waals surface area contributed by atoms with Crippen molar-refractivity contribution in [3.8, 4) is 0 Å². The van der Waals surface area contributed by atoms with E-state index < -0.39 is 0 Å². The topological polar surface area (TPSA) is 77.0 Å². The van der Waals surface area contributed by atoms with Crippen LogP contribution in [0.25, 0.3) is 0 Å². The lowest BCUT2D eigenvalue weighted by atomic mass is 9.84. The molecule has 1 unspecified atom stereocenters. The Hall–Kier alpha value is -2.25. The highest BCUT2D eigenvalue weighted by Gasteiger charge is 2.22. The molecule has 0 heterocycles. The Balaban J connectivity index is 2.14. The lowest BCUT2D eigenvalue weighted by molar-refractivity contribution is -0.116. The maximum Gasteiger partial charge on any atom is 0.224 e. The number of nitrogens with one attached hydrogen (secondary N) is 1. The fourth-order valence-electron chi connectivity index (χ4n) is 4.60. The number of carbonyl (C=O) groups excluding carboxylic acids is 1. The summed E-state index contributed by atoms with van der Waals surface area (Å²) < 4.78 is 16.1. The van der Waals surface area contributed by atoms with Gasteiger partial charge in [0.15, 0.2) is 0 Å². The number of carbonyl (C=O) groups is 1. The number of anilines is 1. The van der Waals surface area contributed by atoms with Crippen LogP contribution >= 0.6 is 0 Å². The van der Waals surface area contributed by atoms with Gasteiger partial charge < -0.3 is 24.6 Å². The fraction of sp³-hybridized carbons (Fsp3) is 0.594. The van der Waals surface area contributed by atoms with E-state index in [0.717, 1.165) is 54.5 Å². The van der Waals surface area contributed by atoms with Gasteiger partial charge in [0.25, 0.3) is 0 Å². The molecule has 6 nitrogen and oxygen atoms in total. The van der Waals surface area contributed by atoms with E-state index in [9.17, 15) is 9.90 Å². The molecule has 2 rings (SSSR count). The molecule has 0 saturated carbocycles. The van der Waals surface area contributed by atoms with Crippen molar-refractivity contribution >= 4 is 11.6 Å². The zero-order valence-corrected chi connectivity index (χ0v) is 24.2. The largest absolute Gasteiger partial charge is 0.396 e. The van der Waals surface area contributed by atoms with Gasteiger partial charge in [-0.2, -0.15) is 0 Å². The van der Waals surface area contributed by atoms with Crippen molar-refractivity contribution < 1.29 is 24.1 Å². The third-order valence-electron chi connectivity index (χ3n) is 6.67. The molecule has 0 aliphatic carbocycles. The second-order valence-corrected chi connectivity index (χ2v) is 11.0. The third-order valence-corrected chi connectivity index (χ3v) is 6.67. The van der Waals surface area contributed by atoms with Gasteiger partial charge in [-0.15, -0.1) is 0 Å². The van der Waals surface area contributed by atoms with Gasteiger partial charge in [0.05, 0.1) is 19.8 Å². The minimum absolute atomic E-state index is 0.0319. The highest BCUT2D eigenvalue weighted by molar-refractivity contribution is 5.92. The molecule has 2 N–H and O–H groups in total. The summed E-state index contributed by atoms with van der Waals surface area (Å²) in [5.74, 6) is 0.166. The first kappa shape index (κ1) is 32.0. The normalized spacial score (nSPS) is 12.5. The monoisotopic (exact) mass is 527 g/mol. The molecule has 0 bridgehead atoms. The highest BCUT2D eigenvalue weighted by atomic mass is 16.7. The third kappa shape index (κ3) is 11.6. The Kier molecular flexibility index (Phi) is 14.6. The molecule has 0 radical (unpaired) electrons. The molecule has 2 aromatic rings. The standard InChI is InChI=1S/C32H49NO5/c1-6-7-8-13-28(27-14-9-11-26(20-27)23-38-24-37-19-18-36-5)22-31(35)33-30-21-25(12-10-17-34)15-16-29(30)32(2,3)4/h9,11,14-16,20-21,28,34H,6-8,10,12-13,17-19,22-24H2,1-5H3,(H,33,35). The Morgan fingerprint density at radius 1 is 1.00 bits per heavy atom. The fourth-order valence-corrected chi connectivity index (χ4v) is 4.60. The molecule has 0 fully saturated rings. The summed E-state index contributed by atoms with van der Waals surface area (Å²) >= 11 is 0. The molecule has 0 saturated heterocycles. The smallest absolute Gasteiger partial charge is 0.224 e. The van der Waals surface area contributed by atoms with Gasteiger partial charge in [-0.3, -0.25) is 4.79 Å². The van der Waals surface area contributed by atoms with Gasteiger partial charge >= 0.3 is 0 Å². The molecule has 212 valence electrons. The Morgan fingerprint density at radius 3 is 2.53 bits per heavy atom. The van der Waals surface area contributed by atoms with Crippen LogP contribution < -0.4 is 5.32 Å². The number of ether oxygens (including phenoxy) is 3. The molecule has 2 aromatic carbocycles. The van der Waals surface area contributed by atoms with Crippen LogP contribution in [0.4, 0.5) is 5.69 Å². The van der Waals surface area contributed by atoms with Crippen LogP contribution in [0, 0.1) is 0 Å². The minimum atomic E-state index is -0.0970. The SMILES string of the molecule is CCCCCC(CC(=O)Nc1cc(CCCO)ccc1C(C)(C)C)c1cccc(COCOCCOC)c1. The lowest BCUT2D eigenvalue weighted by Crippen LogP contribution is -2.20. The van der Waals surface area contributed by atoms with E-state index >= 15 is 0 Å². The summed E-state index contributed by atoms with van der Waals surface area (Å²) in [6.45, 7) is 10.6. The zero-order chi connectivity index (χ0) is 27.8. The number of aliphatic hydroxyl groups is 1. The average Bonchev–Trinajstić information content (AvgIpc) is 2.88. The average molecular weight is 528 g/mol. The highest BCUT2D eigenvalue weighted by Crippen LogP contribution is 2.32. The number of amides is 1. The van der Waals surface area contributed by atoms with Gasteiger partial charge in [-0.05, 0) is 58.9 Å². The van der Waals surface area contributed by atoms with E-state index in [1.54, 1.807) is 7.11 Å². The summed E-state index contributed by atoms with van der Waals surface area (Å²) in [6, 6.07) is 14.7. The van der Waals surface area contributed by atoms with Crippen molar-refractivity contribution in [1.82, 2.24) is 0 Å². The van der Waals surface area contributed by atoms with E-state index in [-0.39, 0.29) is 30.6 Å². The van der Waals surface area contributed by atoms with E-state index in [1.807, 2.05) is 6.07 Å². The molecule has 0 aromatic heterocycles. The second kappa shape index (κ2) is 17.4. The van der Waals surface area contributed by atoms with Crippen LogP contribution in [0.1, 0.15) is 94.4 Å². The maximum absolute atomic E-state index is 13.4. The summed E-state index contributed by atoms with van der Waals surface area (Å²) in [5, 5.41) is 12.5. The predicted octanol–water partition coefficient (Wildman–Crippen LogP) is 6.74. The number of methoxy groups -OCH3 is 1. The van der Waals surface area contributed by atoms with Gasteiger partial charge in [0.2, 0.25) is 5.91 Å². The molecule has 0 aliphatic rings. The van der Waals surface area contributed by atoms with E-state index in [4.69, 9.17) is 14.2 Å². The first-order valence-corrected chi connectivity index (χ1v) is 14.1. The van der Waals surface area contributed by atoms with E-state index in [2.05, 4.69) is 69.4 Å². The van der Waals surface area contributed by atoms with E-state index in [1.165, 1.54) is 5.56 Å². The number of benzene rings is 2. The Labute approximate surface area is 230 Å². The van der Waals surface area contributed by atoms with Gasteiger partial charge in [-0.1, -0.05) is 83.4 Å². The van der Waals surface area contributed by atoms with Crippen molar-refractivity contribution in [2.45, 2.75) is 90.6 Å². The molecule has 0 aliphatic heterocycles. The Bertz CT molecular complexity index is 953. The molecule has 0 spiro atoms. The number of aliphatic hydroxyl groups excluding tert-OH is 1. The lowest BCUT2D eigenvalue weighted by Gasteiger charge is -2.25. The number of rotatable bonds is 18. The van der Waals surface area contributed by atoms with Gasteiger partial charge in [-0.25, -0.2) is 0 Å². The van der Waals surface area contributed by atoms with Crippen molar-refractivity contribution in [1.29, 1.82) is 0 Å². The Morgan fingerprint density at radius 2 is 1.82 bits per heavy atom. The molecule has 38 heavy (non-hydrogen) atoms. The van der Waals surface area contributed by atoms with E-state index in [0.29, 0.717) is 32.7 Å². The molecule has 1 amide bonds. The van der Waals surface area contributed by atoms with Crippen molar-refractivity contribution in [3.63, 3.8) is 0 Å². The zero-order valence-electron chi connectivity index (χ0n) is 24.2. The second-order valence-electron chi connectivity index (χ2n) is 11.0. The summed E-state index contributed by atoms with van der Waals surface area (Å²) in [4.78, 5) is 13.4. The van der Waals surface area contributed by atoms with Crippen LogP contribution in [0.15, 0.2) is 42.5 Å². The molecular formula is C32H49NO5. The summed E-state index contributed by atoms with van der Waals surface area (Å²) in [6.07, 6.45) is 6.28. The quantitative estimate of drug-likeness (QED) is 0.166. The molecule has 1 atom stereocenters. The van der Waals surface area contributed by atoms with Gasteiger partial charge in [0, 0.05) is 25.8 Å². The predicted molar refractivity (Wildman–Crippen MR) is 155 cm³/mol. The number of unbranched alkanes of at least 4 members (excludes halogenated alkanes) is 2. The van der Waals surface area contributed by atoms with Crippen LogP contribution in [-0.2, 0) is 37.4 Å². The van der Waals surface area contributed by atoms with Crippen molar-refractivity contribution in [2.24, 2.45) is 0 Å². The van der Waals surface area contributed by atoms with Crippen LogP contribution in [0.3, 0.4) is 0 Å². The number of hydrogen-bond acceptors (Lipinski definition) is 5. The number of hydrogen-bond donors (Lipinski definition) is 2. The first-order valence-electron chi connectivity index (χ1n) is 14.1. The van der Waals surface area contributed by atoms with Crippen molar-refractivity contribution in [2.75, 3.05) is 39.0 Å². The van der Waals surface area contributed by atoms with Crippen LogP contribution in [-0.4, -0.2) is 44.7 Å². The van der Waals surface area contributed by atoms with Crippen LogP contribution in [0.5, 0.6) is 0 Å². The molecular weight excluding hydrogens is 478 g/mol.